The van der Waals surface area contributed by atoms with Gasteiger partial charge in [-0.05, 0) is 59.7 Å². The molecule has 2 aromatic carbocycles. The fourth-order valence-electron chi connectivity index (χ4n) is 4.21. The van der Waals surface area contributed by atoms with Crippen molar-refractivity contribution in [3.63, 3.8) is 0 Å². The average Bonchev–Trinajstić information content (AvgIpc) is 3.02. The molecule has 0 radical (unpaired) electrons. The van der Waals surface area contributed by atoms with Crippen LogP contribution in [-0.4, -0.2) is 21.9 Å². The zero-order valence-electron chi connectivity index (χ0n) is 17.3. The van der Waals surface area contributed by atoms with E-state index in [1.165, 1.54) is 24.3 Å². The molecule has 2 N–H and O–H groups in total. The number of benzene rings is 2. The van der Waals surface area contributed by atoms with Crippen LogP contribution in [0.25, 0.3) is 10.9 Å². The van der Waals surface area contributed by atoms with Crippen molar-refractivity contribution in [2.75, 3.05) is 0 Å². The number of aromatic nitrogens is 1. The Morgan fingerprint density at radius 2 is 1.71 bits per heavy atom. The summed E-state index contributed by atoms with van der Waals surface area (Å²) in [6.45, 7) is 4.91. The Kier molecular flexibility index (Phi) is 6.15. The van der Waals surface area contributed by atoms with E-state index in [-0.39, 0.29) is 16.2 Å². The van der Waals surface area contributed by atoms with Crippen molar-refractivity contribution in [2.45, 2.75) is 57.2 Å². The molecule has 0 spiro atoms. The molecule has 0 fully saturated rings. The first kappa shape index (κ1) is 23.5. The van der Waals surface area contributed by atoms with Crippen molar-refractivity contribution in [1.82, 2.24) is 4.98 Å². The SMILES string of the molecule is CCc1ccc(F)cc1C(C)(C)CC(O)(Cc1cc2cc(Cl)cc(F)c2[nH]1)C(F)(F)F. The third kappa shape index (κ3) is 4.72. The minimum atomic E-state index is -4.97. The molecular formula is C23H23ClF5NO. The Labute approximate surface area is 182 Å². The molecule has 0 saturated heterocycles. The van der Waals surface area contributed by atoms with Gasteiger partial charge in [0.25, 0.3) is 0 Å². The lowest BCUT2D eigenvalue weighted by Gasteiger charge is -2.38. The number of H-pyrrole nitrogens is 1. The summed E-state index contributed by atoms with van der Waals surface area (Å²) in [6, 6.07) is 7.85. The van der Waals surface area contributed by atoms with E-state index in [9.17, 15) is 27.1 Å². The number of rotatable bonds is 6. The van der Waals surface area contributed by atoms with Gasteiger partial charge in [-0.15, -0.1) is 0 Å². The number of aliphatic hydroxyl groups is 1. The normalized spacial score (nSPS) is 14.8. The molecule has 2 nitrogen and oxygen atoms in total. The third-order valence-corrected chi connectivity index (χ3v) is 5.85. The van der Waals surface area contributed by atoms with Crippen molar-refractivity contribution >= 4 is 22.5 Å². The van der Waals surface area contributed by atoms with Crippen LogP contribution >= 0.6 is 11.6 Å². The Balaban J connectivity index is 2.02. The van der Waals surface area contributed by atoms with Gasteiger partial charge in [-0.3, -0.25) is 0 Å². The lowest BCUT2D eigenvalue weighted by atomic mass is 9.72. The highest BCUT2D eigenvalue weighted by atomic mass is 35.5. The van der Waals surface area contributed by atoms with Crippen LogP contribution in [0.2, 0.25) is 5.02 Å². The second-order valence-electron chi connectivity index (χ2n) is 8.57. The van der Waals surface area contributed by atoms with Gasteiger partial charge in [0.05, 0.1) is 5.52 Å². The monoisotopic (exact) mass is 459 g/mol. The zero-order chi connectivity index (χ0) is 23.2. The number of nitrogens with one attached hydrogen (secondary N) is 1. The van der Waals surface area contributed by atoms with Gasteiger partial charge in [-0.25, -0.2) is 8.78 Å². The Bertz CT molecular complexity index is 1110. The van der Waals surface area contributed by atoms with E-state index in [0.29, 0.717) is 22.9 Å². The van der Waals surface area contributed by atoms with E-state index >= 15 is 0 Å². The maximum Gasteiger partial charge on any atom is 0.417 e. The molecule has 1 aromatic heterocycles. The number of hydrogen-bond donors (Lipinski definition) is 2. The largest absolute Gasteiger partial charge is 0.417 e. The molecule has 31 heavy (non-hydrogen) atoms. The molecule has 0 aliphatic rings. The lowest BCUT2D eigenvalue weighted by molar-refractivity contribution is -0.266. The van der Waals surface area contributed by atoms with Gasteiger partial charge in [0.15, 0.2) is 5.60 Å². The number of hydrogen-bond acceptors (Lipinski definition) is 1. The second-order valence-corrected chi connectivity index (χ2v) is 9.00. The summed E-state index contributed by atoms with van der Waals surface area (Å²) in [5.74, 6) is -1.25. The van der Waals surface area contributed by atoms with Crippen LogP contribution in [0.15, 0.2) is 36.4 Å². The van der Waals surface area contributed by atoms with Crippen LogP contribution in [0.3, 0.4) is 0 Å². The number of alkyl halides is 3. The highest BCUT2D eigenvalue weighted by Gasteiger charge is 2.56. The summed E-state index contributed by atoms with van der Waals surface area (Å²) in [4.78, 5) is 2.62. The zero-order valence-corrected chi connectivity index (χ0v) is 18.1. The van der Waals surface area contributed by atoms with Crippen LogP contribution in [0.4, 0.5) is 22.0 Å². The van der Waals surface area contributed by atoms with Crippen LogP contribution in [0, 0.1) is 11.6 Å². The molecule has 168 valence electrons. The maximum atomic E-state index is 14.1. The minimum Gasteiger partial charge on any atom is -0.380 e. The molecule has 1 atom stereocenters. The summed E-state index contributed by atoms with van der Waals surface area (Å²) < 4.78 is 70.2. The van der Waals surface area contributed by atoms with Crippen molar-refractivity contribution in [3.05, 3.63) is 69.9 Å². The van der Waals surface area contributed by atoms with Gasteiger partial charge < -0.3 is 10.1 Å². The van der Waals surface area contributed by atoms with Gasteiger partial charge in [0, 0.05) is 22.5 Å². The molecule has 3 rings (SSSR count). The second kappa shape index (κ2) is 8.10. The van der Waals surface area contributed by atoms with E-state index in [1.54, 1.807) is 19.9 Å². The summed E-state index contributed by atoms with van der Waals surface area (Å²) in [5.41, 5.74) is -3.18. The van der Waals surface area contributed by atoms with Crippen molar-refractivity contribution in [3.8, 4) is 0 Å². The van der Waals surface area contributed by atoms with Crippen molar-refractivity contribution < 1.29 is 27.1 Å². The quantitative estimate of drug-likeness (QED) is 0.388. The van der Waals surface area contributed by atoms with Crippen LogP contribution in [-0.2, 0) is 18.3 Å². The summed E-state index contributed by atoms with van der Waals surface area (Å²) in [6.07, 6.45) is -6.00. The van der Waals surface area contributed by atoms with E-state index < -0.39 is 41.7 Å². The average molecular weight is 460 g/mol. The predicted molar refractivity (Wildman–Crippen MR) is 111 cm³/mol. The minimum absolute atomic E-state index is 0.0154. The Hall–Kier alpha value is -2.12. The van der Waals surface area contributed by atoms with Gasteiger partial charge in [-0.1, -0.05) is 38.4 Å². The van der Waals surface area contributed by atoms with E-state index in [4.69, 9.17) is 11.6 Å². The Morgan fingerprint density at radius 1 is 1.03 bits per heavy atom. The van der Waals surface area contributed by atoms with Crippen LogP contribution in [0.1, 0.15) is 44.0 Å². The fourth-order valence-corrected chi connectivity index (χ4v) is 4.42. The summed E-state index contributed by atoms with van der Waals surface area (Å²) in [7, 11) is 0. The van der Waals surface area contributed by atoms with Crippen molar-refractivity contribution in [1.29, 1.82) is 0 Å². The van der Waals surface area contributed by atoms with Gasteiger partial charge in [0.2, 0.25) is 0 Å². The number of halogens is 6. The molecule has 0 aliphatic carbocycles. The molecule has 0 bridgehead atoms. The molecule has 1 unspecified atom stereocenters. The standard InChI is InChI=1S/C23H23ClF5NO/c1-4-13-5-6-16(25)10-18(13)21(2,3)12-22(31,23(27,28)29)11-17-8-14-7-15(24)9-19(26)20(14)30-17/h5-10,30-31H,4,11-12H2,1-3H3. The van der Waals surface area contributed by atoms with E-state index in [0.717, 1.165) is 6.07 Å². The Morgan fingerprint density at radius 3 is 2.32 bits per heavy atom. The molecule has 0 amide bonds. The number of aryl methyl sites for hydroxylation is 1. The molecular weight excluding hydrogens is 437 g/mol. The predicted octanol–water partition coefficient (Wildman–Crippen LogP) is 6.87. The van der Waals surface area contributed by atoms with E-state index in [1.807, 2.05) is 6.92 Å². The first-order chi connectivity index (χ1) is 14.3. The first-order valence-electron chi connectivity index (χ1n) is 9.80. The van der Waals surface area contributed by atoms with E-state index in [2.05, 4.69) is 4.98 Å². The van der Waals surface area contributed by atoms with Crippen molar-refractivity contribution in [2.24, 2.45) is 0 Å². The topological polar surface area (TPSA) is 36.0 Å². The van der Waals surface area contributed by atoms with Crippen LogP contribution in [0.5, 0.6) is 0 Å². The summed E-state index contributed by atoms with van der Waals surface area (Å²) >= 11 is 5.82. The maximum absolute atomic E-state index is 14.1. The highest BCUT2D eigenvalue weighted by molar-refractivity contribution is 6.31. The molecule has 3 aromatic rings. The molecule has 8 heteroatoms. The van der Waals surface area contributed by atoms with Gasteiger partial charge >= 0.3 is 6.18 Å². The lowest BCUT2D eigenvalue weighted by Crippen LogP contribution is -2.51. The van der Waals surface area contributed by atoms with Gasteiger partial charge in [-0.2, -0.15) is 13.2 Å². The number of aromatic amines is 1. The highest BCUT2D eigenvalue weighted by Crippen LogP contribution is 2.44. The van der Waals surface area contributed by atoms with Gasteiger partial charge in [0.1, 0.15) is 11.6 Å². The first-order valence-corrected chi connectivity index (χ1v) is 10.2. The fraction of sp³-hybridized carbons (Fsp3) is 0.391. The molecule has 0 saturated carbocycles. The summed E-state index contributed by atoms with van der Waals surface area (Å²) in [5, 5.41) is 11.2. The third-order valence-electron chi connectivity index (χ3n) is 5.63. The number of fused-ring (bicyclic) bond motifs is 1. The molecule has 0 aliphatic heterocycles. The molecule has 1 heterocycles. The smallest absolute Gasteiger partial charge is 0.380 e. The van der Waals surface area contributed by atoms with Crippen LogP contribution < -0.4 is 0 Å².